The first kappa shape index (κ1) is 14.9. The summed E-state index contributed by atoms with van der Waals surface area (Å²) in [6, 6.07) is 5.67. The fourth-order valence-electron chi connectivity index (χ4n) is 1.83. The van der Waals surface area contributed by atoms with Crippen molar-refractivity contribution in [3.63, 3.8) is 0 Å². The van der Waals surface area contributed by atoms with Gasteiger partial charge in [0.15, 0.2) is 0 Å². The SMILES string of the molecule is COc1ccc(CC(O)c2c(F)ccc(Br)c2F)cn1. The molecule has 0 aliphatic rings. The minimum atomic E-state index is -1.29. The van der Waals surface area contributed by atoms with Crippen molar-refractivity contribution in [2.75, 3.05) is 7.11 Å². The third-order valence-electron chi connectivity index (χ3n) is 2.85. The Balaban J connectivity index is 2.23. The van der Waals surface area contributed by atoms with Gasteiger partial charge in [0.05, 0.1) is 23.2 Å². The lowest BCUT2D eigenvalue weighted by atomic mass is 10.0. The summed E-state index contributed by atoms with van der Waals surface area (Å²) in [7, 11) is 1.49. The van der Waals surface area contributed by atoms with Crippen molar-refractivity contribution in [2.45, 2.75) is 12.5 Å². The van der Waals surface area contributed by atoms with Crippen molar-refractivity contribution in [3.05, 3.63) is 57.7 Å². The summed E-state index contributed by atoms with van der Waals surface area (Å²) in [6.45, 7) is 0. The maximum Gasteiger partial charge on any atom is 0.212 e. The monoisotopic (exact) mass is 343 g/mol. The Kier molecular flexibility index (Phi) is 4.67. The molecule has 0 aliphatic carbocycles. The zero-order valence-corrected chi connectivity index (χ0v) is 12.2. The summed E-state index contributed by atoms with van der Waals surface area (Å²) in [6.07, 6.45) is 0.264. The fourth-order valence-corrected chi connectivity index (χ4v) is 2.17. The van der Waals surface area contributed by atoms with Crippen molar-refractivity contribution >= 4 is 15.9 Å². The Labute approximate surface area is 123 Å². The molecule has 0 amide bonds. The Morgan fingerprint density at radius 1 is 1.30 bits per heavy atom. The van der Waals surface area contributed by atoms with Gasteiger partial charge in [0.25, 0.3) is 0 Å². The first-order chi connectivity index (χ1) is 9.52. The van der Waals surface area contributed by atoms with Gasteiger partial charge in [0, 0.05) is 18.7 Å². The Morgan fingerprint density at radius 2 is 2.05 bits per heavy atom. The molecule has 1 atom stereocenters. The molecule has 1 aromatic carbocycles. The average molecular weight is 344 g/mol. The zero-order valence-electron chi connectivity index (χ0n) is 10.6. The van der Waals surface area contributed by atoms with Crippen LogP contribution in [-0.2, 0) is 6.42 Å². The van der Waals surface area contributed by atoms with Crippen molar-refractivity contribution in [1.82, 2.24) is 4.98 Å². The molecule has 0 fully saturated rings. The van der Waals surface area contributed by atoms with Gasteiger partial charge in [-0.05, 0) is 33.6 Å². The van der Waals surface area contributed by atoms with Crippen LogP contribution in [-0.4, -0.2) is 17.2 Å². The van der Waals surface area contributed by atoms with Crippen LogP contribution in [0.1, 0.15) is 17.2 Å². The molecule has 0 saturated carbocycles. The van der Waals surface area contributed by atoms with Crippen LogP contribution < -0.4 is 4.74 Å². The Hall–Kier alpha value is -1.53. The molecule has 0 bridgehead atoms. The van der Waals surface area contributed by atoms with E-state index in [0.29, 0.717) is 11.4 Å². The number of nitrogens with zero attached hydrogens (tertiary/aromatic N) is 1. The number of benzene rings is 1. The summed E-state index contributed by atoms with van der Waals surface area (Å²) < 4.78 is 32.5. The Bertz CT molecular complexity index is 605. The summed E-state index contributed by atoms with van der Waals surface area (Å²) in [5.41, 5.74) is 0.298. The van der Waals surface area contributed by atoms with Crippen molar-refractivity contribution in [1.29, 1.82) is 0 Å². The molecular formula is C14H12BrF2NO2. The van der Waals surface area contributed by atoms with Gasteiger partial charge < -0.3 is 9.84 Å². The molecule has 1 unspecified atom stereocenters. The molecule has 20 heavy (non-hydrogen) atoms. The fraction of sp³-hybridized carbons (Fsp3) is 0.214. The van der Waals surface area contributed by atoms with Gasteiger partial charge in [0.1, 0.15) is 11.6 Å². The first-order valence-corrected chi connectivity index (χ1v) is 6.62. The molecule has 1 N–H and O–H groups in total. The molecule has 2 aromatic rings. The number of methoxy groups -OCH3 is 1. The third kappa shape index (κ3) is 3.13. The highest BCUT2D eigenvalue weighted by molar-refractivity contribution is 9.10. The molecule has 0 aliphatic heterocycles. The van der Waals surface area contributed by atoms with E-state index < -0.39 is 17.7 Å². The summed E-state index contributed by atoms with van der Waals surface area (Å²) in [5.74, 6) is -1.14. The van der Waals surface area contributed by atoms with E-state index >= 15 is 0 Å². The standard InChI is InChI=1S/C14H12BrF2NO2/c1-20-12-5-2-8(7-18-12)6-11(19)13-10(16)4-3-9(15)14(13)17/h2-5,7,11,19H,6H2,1H3. The molecule has 3 nitrogen and oxygen atoms in total. The predicted octanol–water partition coefficient (Wildman–Crippen LogP) is 3.41. The van der Waals surface area contributed by atoms with E-state index in [1.807, 2.05) is 0 Å². The largest absolute Gasteiger partial charge is 0.481 e. The van der Waals surface area contributed by atoms with Gasteiger partial charge in [-0.25, -0.2) is 13.8 Å². The second-order valence-corrected chi connectivity index (χ2v) is 5.04. The van der Waals surface area contributed by atoms with E-state index in [4.69, 9.17) is 4.74 Å². The van der Waals surface area contributed by atoms with Crippen molar-refractivity contribution in [2.24, 2.45) is 0 Å². The topological polar surface area (TPSA) is 42.4 Å². The number of hydrogen-bond donors (Lipinski definition) is 1. The maximum absolute atomic E-state index is 13.9. The lowest BCUT2D eigenvalue weighted by Crippen LogP contribution is -2.08. The second kappa shape index (κ2) is 6.28. The maximum atomic E-state index is 13.9. The van der Waals surface area contributed by atoms with Crippen LogP contribution in [0, 0.1) is 11.6 Å². The highest BCUT2D eigenvalue weighted by Gasteiger charge is 2.20. The molecule has 6 heteroatoms. The van der Waals surface area contributed by atoms with E-state index in [9.17, 15) is 13.9 Å². The molecule has 1 heterocycles. The second-order valence-electron chi connectivity index (χ2n) is 4.19. The van der Waals surface area contributed by atoms with Gasteiger partial charge in [-0.2, -0.15) is 0 Å². The van der Waals surface area contributed by atoms with Crippen LogP contribution in [0.4, 0.5) is 8.78 Å². The molecule has 0 radical (unpaired) electrons. The molecule has 1 aromatic heterocycles. The molecule has 0 spiro atoms. The van der Waals surface area contributed by atoms with Crippen LogP contribution in [0.2, 0.25) is 0 Å². The van der Waals surface area contributed by atoms with Crippen LogP contribution >= 0.6 is 15.9 Å². The number of hydrogen-bond acceptors (Lipinski definition) is 3. The zero-order chi connectivity index (χ0) is 14.7. The summed E-state index contributed by atoms with van der Waals surface area (Å²) >= 11 is 2.97. The van der Waals surface area contributed by atoms with Gasteiger partial charge in [-0.1, -0.05) is 6.07 Å². The molecular weight excluding hydrogens is 332 g/mol. The van der Waals surface area contributed by atoms with E-state index in [1.165, 1.54) is 19.4 Å². The number of aliphatic hydroxyl groups is 1. The molecule has 2 rings (SSSR count). The number of ether oxygens (including phenoxy) is 1. The number of rotatable bonds is 4. The van der Waals surface area contributed by atoms with Crippen LogP contribution in [0.5, 0.6) is 5.88 Å². The van der Waals surface area contributed by atoms with Gasteiger partial charge in [-0.3, -0.25) is 0 Å². The molecule has 0 saturated heterocycles. The number of aliphatic hydroxyl groups excluding tert-OH is 1. The quantitative estimate of drug-likeness (QED) is 0.865. The van der Waals surface area contributed by atoms with E-state index in [2.05, 4.69) is 20.9 Å². The predicted molar refractivity (Wildman–Crippen MR) is 73.5 cm³/mol. The van der Waals surface area contributed by atoms with Crippen LogP contribution in [0.3, 0.4) is 0 Å². The number of pyridine rings is 1. The first-order valence-electron chi connectivity index (χ1n) is 5.83. The van der Waals surface area contributed by atoms with Gasteiger partial charge >= 0.3 is 0 Å². The third-order valence-corrected chi connectivity index (χ3v) is 3.46. The average Bonchev–Trinajstić information content (AvgIpc) is 2.44. The molecule has 106 valence electrons. The van der Waals surface area contributed by atoms with E-state index in [0.717, 1.165) is 6.07 Å². The number of halogens is 3. The van der Waals surface area contributed by atoms with E-state index in [1.54, 1.807) is 12.1 Å². The van der Waals surface area contributed by atoms with Crippen molar-refractivity contribution < 1.29 is 18.6 Å². The Morgan fingerprint density at radius 3 is 2.65 bits per heavy atom. The van der Waals surface area contributed by atoms with Gasteiger partial charge in [0.2, 0.25) is 5.88 Å². The number of aromatic nitrogens is 1. The van der Waals surface area contributed by atoms with Crippen LogP contribution in [0.25, 0.3) is 0 Å². The lowest BCUT2D eigenvalue weighted by Gasteiger charge is -2.14. The lowest BCUT2D eigenvalue weighted by molar-refractivity contribution is 0.168. The van der Waals surface area contributed by atoms with Gasteiger partial charge in [-0.15, -0.1) is 0 Å². The smallest absolute Gasteiger partial charge is 0.212 e. The summed E-state index contributed by atoms with van der Waals surface area (Å²) in [4.78, 5) is 3.98. The minimum Gasteiger partial charge on any atom is -0.481 e. The minimum absolute atomic E-state index is 0.0568. The van der Waals surface area contributed by atoms with Crippen molar-refractivity contribution in [3.8, 4) is 5.88 Å². The normalized spacial score (nSPS) is 12.2. The van der Waals surface area contributed by atoms with E-state index in [-0.39, 0.29) is 16.5 Å². The highest BCUT2D eigenvalue weighted by atomic mass is 79.9. The highest BCUT2D eigenvalue weighted by Crippen LogP contribution is 2.28. The summed E-state index contributed by atoms with van der Waals surface area (Å²) in [5, 5.41) is 10.0. The van der Waals surface area contributed by atoms with Crippen LogP contribution in [0.15, 0.2) is 34.9 Å².